The summed E-state index contributed by atoms with van der Waals surface area (Å²) in [5.74, 6) is 0. The van der Waals surface area contributed by atoms with E-state index in [2.05, 4.69) is 12.2 Å². The minimum atomic E-state index is -0.505. The third kappa shape index (κ3) is 4.93. The second-order valence-electron chi connectivity index (χ2n) is 4.24. The van der Waals surface area contributed by atoms with Gasteiger partial charge in [-0.15, -0.1) is 0 Å². The molecule has 0 aliphatic carbocycles. The Kier molecular flexibility index (Phi) is 5.59. The molecule has 6 heteroatoms. The molecule has 0 aromatic carbocycles. The van der Waals surface area contributed by atoms with Crippen molar-refractivity contribution >= 4 is 12.1 Å². The van der Waals surface area contributed by atoms with Crippen LogP contribution in [0.1, 0.15) is 32.6 Å². The van der Waals surface area contributed by atoms with Crippen molar-refractivity contribution in [1.82, 2.24) is 10.2 Å². The van der Waals surface area contributed by atoms with Crippen molar-refractivity contribution in [3.05, 3.63) is 0 Å². The molecule has 0 aromatic heterocycles. The third-order valence-electron chi connectivity index (χ3n) is 2.84. The zero-order valence-electron chi connectivity index (χ0n) is 10.3. The van der Waals surface area contributed by atoms with Crippen LogP contribution in [0.15, 0.2) is 0 Å². The standard InChI is InChI=1S/C11H21N3O3/c1-2-3-4-9(13-10(12)15)5-6-14-7-8-17-11(14)16/h9H,2-8H2,1H3,(H3,12,13,15). The van der Waals surface area contributed by atoms with Crippen LogP contribution in [0.5, 0.6) is 0 Å². The van der Waals surface area contributed by atoms with Crippen molar-refractivity contribution in [2.45, 2.75) is 38.6 Å². The Morgan fingerprint density at radius 1 is 1.59 bits per heavy atom. The van der Waals surface area contributed by atoms with E-state index >= 15 is 0 Å². The van der Waals surface area contributed by atoms with Crippen molar-refractivity contribution in [2.24, 2.45) is 5.73 Å². The number of carbonyl (C=O) groups is 2. The summed E-state index contributed by atoms with van der Waals surface area (Å²) in [7, 11) is 0. The molecule has 1 aliphatic heterocycles. The minimum absolute atomic E-state index is 0.0425. The number of nitrogens with two attached hydrogens (primary N) is 1. The Morgan fingerprint density at radius 2 is 2.35 bits per heavy atom. The highest BCUT2D eigenvalue weighted by Crippen LogP contribution is 2.09. The van der Waals surface area contributed by atoms with E-state index in [0.29, 0.717) is 19.7 Å². The fraction of sp³-hybridized carbons (Fsp3) is 0.818. The molecule has 98 valence electrons. The summed E-state index contributed by atoms with van der Waals surface area (Å²) >= 11 is 0. The molecule has 0 aromatic rings. The Labute approximate surface area is 101 Å². The predicted molar refractivity (Wildman–Crippen MR) is 63.6 cm³/mol. The summed E-state index contributed by atoms with van der Waals surface area (Å²) in [5.41, 5.74) is 5.12. The van der Waals surface area contributed by atoms with Crippen LogP contribution in [0.4, 0.5) is 9.59 Å². The van der Waals surface area contributed by atoms with Gasteiger partial charge in [-0.1, -0.05) is 19.8 Å². The van der Waals surface area contributed by atoms with Crippen LogP contribution in [-0.4, -0.2) is 42.8 Å². The quantitative estimate of drug-likeness (QED) is 0.701. The maximum absolute atomic E-state index is 11.2. The molecule has 0 bridgehead atoms. The smallest absolute Gasteiger partial charge is 0.409 e. The summed E-state index contributed by atoms with van der Waals surface area (Å²) in [6.45, 7) is 3.80. The first-order valence-corrected chi connectivity index (χ1v) is 6.11. The second kappa shape index (κ2) is 6.98. The third-order valence-corrected chi connectivity index (χ3v) is 2.84. The molecule has 0 saturated carbocycles. The normalized spacial score (nSPS) is 16.8. The number of rotatable bonds is 7. The van der Waals surface area contributed by atoms with Crippen LogP contribution >= 0.6 is 0 Å². The monoisotopic (exact) mass is 243 g/mol. The largest absolute Gasteiger partial charge is 0.448 e. The molecule has 3 N–H and O–H groups in total. The van der Waals surface area contributed by atoms with Crippen LogP contribution in [0, 0.1) is 0 Å². The average molecular weight is 243 g/mol. The van der Waals surface area contributed by atoms with Crippen molar-refractivity contribution in [2.75, 3.05) is 19.7 Å². The van der Waals surface area contributed by atoms with Crippen LogP contribution in [0.25, 0.3) is 0 Å². The Bertz CT molecular complexity index is 271. The minimum Gasteiger partial charge on any atom is -0.448 e. The summed E-state index contributed by atoms with van der Waals surface area (Å²) in [4.78, 5) is 23.7. The molecule has 17 heavy (non-hydrogen) atoms. The van der Waals surface area contributed by atoms with Gasteiger partial charge in [0.1, 0.15) is 6.61 Å². The van der Waals surface area contributed by atoms with Gasteiger partial charge in [0.2, 0.25) is 0 Å². The van der Waals surface area contributed by atoms with Crippen LogP contribution < -0.4 is 11.1 Å². The number of nitrogens with one attached hydrogen (secondary N) is 1. The summed E-state index contributed by atoms with van der Waals surface area (Å²) in [6.07, 6.45) is 3.46. The van der Waals surface area contributed by atoms with E-state index in [1.807, 2.05) is 0 Å². The van der Waals surface area contributed by atoms with Crippen molar-refractivity contribution in [3.8, 4) is 0 Å². The van der Waals surface area contributed by atoms with Crippen molar-refractivity contribution in [1.29, 1.82) is 0 Å². The first-order chi connectivity index (χ1) is 8.13. The molecule has 1 fully saturated rings. The average Bonchev–Trinajstić information content (AvgIpc) is 2.67. The fourth-order valence-electron chi connectivity index (χ4n) is 1.88. The van der Waals surface area contributed by atoms with E-state index in [9.17, 15) is 9.59 Å². The van der Waals surface area contributed by atoms with E-state index in [4.69, 9.17) is 10.5 Å². The second-order valence-corrected chi connectivity index (χ2v) is 4.24. The Morgan fingerprint density at radius 3 is 2.88 bits per heavy atom. The Balaban J connectivity index is 2.31. The zero-order valence-corrected chi connectivity index (χ0v) is 10.3. The van der Waals surface area contributed by atoms with Gasteiger partial charge < -0.3 is 20.7 Å². The van der Waals surface area contributed by atoms with Gasteiger partial charge in [0.05, 0.1) is 6.54 Å². The summed E-state index contributed by atoms with van der Waals surface area (Å²) < 4.78 is 4.83. The van der Waals surface area contributed by atoms with E-state index < -0.39 is 6.03 Å². The number of carbonyl (C=O) groups excluding carboxylic acids is 2. The number of hydrogen-bond acceptors (Lipinski definition) is 3. The number of nitrogens with zero attached hydrogens (tertiary/aromatic N) is 1. The fourth-order valence-corrected chi connectivity index (χ4v) is 1.88. The molecule has 6 nitrogen and oxygen atoms in total. The van der Waals surface area contributed by atoms with Crippen molar-refractivity contribution in [3.63, 3.8) is 0 Å². The molecule has 1 saturated heterocycles. The number of amides is 3. The van der Waals surface area contributed by atoms with E-state index in [-0.39, 0.29) is 12.1 Å². The van der Waals surface area contributed by atoms with Gasteiger partial charge in [0.25, 0.3) is 0 Å². The number of hydrogen-bond donors (Lipinski definition) is 2. The number of cyclic esters (lactones) is 1. The molecule has 1 rings (SSSR count). The van der Waals surface area contributed by atoms with E-state index in [1.54, 1.807) is 4.90 Å². The summed E-state index contributed by atoms with van der Waals surface area (Å²) in [6, 6.07) is -0.462. The van der Waals surface area contributed by atoms with E-state index in [0.717, 1.165) is 25.7 Å². The lowest BCUT2D eigenvalue weighted by Crippen LogP contribution is -2.41. The van der Waals surface area contributed by atoms with Gasteiger partial charge in [-0.25, -0.2) is 9.59 Å². The lowest BCUT2D eigenvalue weighted by molar-refractivity contribution is 0.157. The maximum atomic E-state index is 11.2. The lowest BCUT2D eigenvalue weighted by Gasteiger charge is -2.20. The number of ether oxygens (including phenoxy) is 1. The summed E-state index contributed by atoms with van der Waals surface area (Å²) in [5, 5.41) is 2.71. The SMILES string of the molecule is CCCCC(CCN1CCOC1=O)NC(N)=O. The molecular formula is C11H21N3O3. The molecule has 3 amide bonds. The van der Waals surface area contributed by atoms with Gasteiger partial charge in [0, 0.05) is 12.6 Å². The molecule has 1 atom stereocenters. The molecule has 1 heterocycles. The van der Waals surface area contributed by atoms with Gasteiger partial charge in [-0.05, 0) is 12.8 Å². The highest BCUT2D eigenvalue weighted by atomic mass is 16.6. The van der Waals surface area contributed by atoms with Gasteiger partial charge in [-0.2, -0.15) is 0 Å². The number of urea groups is 1. The van der Waals surface area contributed by atoms with Crippen molar-refractivity contribution < 1.29 is 14.3 Å². The van der Waals surface area contributed by atoms with Gasteiger partial charge in [-0.3, -0.25) is 0 Å². The van der Waals surface area contributed by atoms with Crippen LogP contribution in [0.3, 0.4) is 0 Å². The van der Waals surface area contributed by atoms with Gasteiger partial charge >= 0.3 is 12.1 Å². The highest BCUT2D eigenvalue weighted by molar-refractivity contribution is 5.72. The molecular weight excluding hydrogens is 222 g/mol. The first kappa shape index (κ1) is 13.6. The zero-order chi connectivity index (χ0) is 12.7. The van der Waals surface area contributed by atoms with Gasteiger partial charge in [0.15, 0.2) is 0 Å². The molecule has 0 spiro atoms. The predicted octanol–water partition coefficient (Wildman–Crippen LogP) is 1.06. The number of unbranched alkanes of at least 4 members (excludes halogenated alkanes) is 1. The number of primary amides is 1. The molecule has 1 unspecified atom stereocenters. The van der Waals surface area contributed by atoms with Crippen LogP contribution in [-0.2, 0) is 4.74 Å². The topological polar surface area (TPSA) is 84.7 Å². The Hall–Kier alpha value is -1.46. The van der Waals surface area contributed by atoms with Crippen LogP contribution in [0.2, 0.25) is 0 Å². The molecule has 1 aliphatic rings. The highest BCUT2D eigenvalue weighted by Gasteiger charge is 2.22. The first-order valence-electron chi connectivity index (χ1n) is 6.11. The lowest BCUT2D eigenvalue weighted by atomic mass is 10.1. The van der Waals surface area contributed by atoms with E-state index in [1.165, 1.54) is 0 Å². The maximum Gasteiger partial charge on any atom is 0.409 e. The molecule has 0 radical (unpaired) electrons.